The van der Waals surface area contributed by atoms with Gasteiger partial charge < -0.3 is 15.2 Å². The highest BCUT2D eigenvalue weighted by molar-refractivity contribution is 7.09. The Morgan fingerprint density at radius 1 is 1.56 bits per heavy atom. The number of anilines is 1. The number of aliphatic hydroxyl groups excluding tert-OH is 1. The molecule has 0 spiro atoms. The minimum absolute atomic E-state index is 0.121. The Morgan fingerprint density at radius 2 is 2.31 bits per heavy atom. The smallest absolute Gasteiger partial charge is 0.202 e. The fourth-order valence-corrected chi connectivity index (χ4v) is 2.15. The standard InChI is InChI=1S/C10H17N3O2S/c1-7(2)8-12-9(16-13-8)11-3-10(4-14)5-15-6-10/h7,14H,3-6H2,1-2H3,(H,11,12,13). The molecule has 2 rings (SSSR count). The lowest BCUT2D eigenvalue weighted by Gasteiger charge is -2.39. The Labute approximate surface area is 99.0 Å². The van der Waals surface area contributed by atoms with Gasteiger partial charge in [0.05, 0.1) is 25.2 Å². The second-order valence-electron chi connectivity index (χ2n) is 4.62. The first-order valence-electron chi connectivity index (χ1n) is 5.41. The zero-order chi connectivity index (χ0) is 11.6. The summed E-state index contributed by atoms with van der Waals surface area (Å²) in [6, 6.07) is 0. The molecule has 0 amide bonds. The van der Waals surface area contributed by atoms with Crippen LogP contribution in [0.2, 0.25) is 0 Å². The van der Waals surface area contributed by atoms with Crippen molar-refractivity contribution < 1.29 is 9.84 Å². The monoisotopic (exact) mass is 243 g/mol. The maximum absolute atomic E-state index is 9.26. The summed E-state index contributed by atoms with van der Waals surface area (Å²) >= 11 is 1.37. The van der Waals surface area contributed by atoms with E-state index in [2.05, 4.69) is 28.5 Å². The molecule has 6 heteroatoms. The van der Waals surface area contributed by atoms with Crippen LogP contribution in [0.15, 0.2) is 0 Å². The molecular formula is C10H17N3O2S. The van der Waals surface area contributed by atoms with E-state index in [4.69, 9.17) is 4.74 Å². The van der Waals surface area contributed by atoms with Gasteiger partial charge in [0, 0.05) is 24.0 Å². The molecule has 1 aliphatic heterocycles. The molecule has 2 heterocycles. The predicted octanol–water partition coefficient (Wildman–Crippen LogP) is 1.08. The summed E-state index contributed by atoms with van der Waals surface area (Å²) in [4.78, 5) is 4.38. The molecule has 0 saturated carbocycles. The van der Waals surface area contributed by atoms with Crippen LogP contribution in [0.4, 0.5) is 5.13 Å². The molecule has 0 atom stereocenters. The molecule has 1 aliphatic rings. The Bertz CT molecular complexity index is 344. The van der Waals surface area contributed by atoms with Gasteiger partial charge in [-0.2, -0.15) is 4.37 Å². The second kappa shape index (κ2) is 4.65. The molecule has 1 fully saturated rings. The third-order valence-corrected chi connectivity index (χ3v) is 3.41. The number of rotatable bonds is 5. The summed E-state index contributed by atoms with van der Waals surface area (Å²) in [5.74, 6) is 1.22. The highest BCUT2D eigenvalue weighted by Gasteiger charge is 2.38. The Hall–Kier alpha value is -0.720. The van der Waals surface area contributed by atoms with E-state index in [1.807, 2.05) is 0 Å². The van der Waals surface area contributed by atoms with Gasteiger partial charge in [0.2, 0.25) is 5.13 Å². The van der Waals surface area contributed by atoms with Crippen LogP contribution in [0.1, 0.15) is 25.6 Å². The van der Waals surface area contributed by atoms with Gasteiger partial charge in [-0.1, -0.05) is 13.8 Å². The normalized spacial score (nSPS) is 18.5. The molecule has 90 valence electrons. The average molecular weight is 243 g/mol. The van der Waals surface area contributed by atoms with Crippen molar-refractivity contribution >= 4 is 16.7 Å². The van der Waals surface area contributed by atoms with E-state index in [1.54, 1.807) is 0 Å². The van der Waals surface area contributed by atoms with Gasteiger partial charge in [0.15, 0.2) is 0 Å². The minimum atomic E-state index is -0.121. The summed E-state index contributed by atoms with van der Waals surface area (Å²) < 4.78 is 9.39. The molecular weight excluding hydrogens is 226 g/mol. The number of aliphatic hydroxyl groups is 1. The predicted molar refractivity (Wildman–Crippen MR) is 62.8 cm³/mol. The van der Waals surface area contributed by atoms with Gasteiger partial charge in [0.1, 0.15) is 5.82 Å². The molecule has 1 aromatic heterocycles. The van der Waals surface area contributed by atoms with Crippen LogP contribution in [-0.4, -0.2) is 40.8 Å². The third-order valence-electron chi connectivity index (χ3n) is 2.72. The van der Waals surface area contributed by atoms with Crippen molar-refractivity contribution in [2.45, 2.75) is 19.8 Å². The van der Waals surface area contributed by atoms with Gasteiger partial charge in [0.25, 0.3) is 0 Å². The number of ether oxygens (including phenoxy) is 1. The van der Waals surface area contributed by atoms with Crippen LogP contribution in [0, 0.1) is 5.41 Å². The molecule has 16 heavy (non-hydrogen) atoms. The number of hydrogen-bond donors (Lipinski definition) is 2. The van der Waals surface area contributed by atoms with Gasteiger partial charge in [-0.15, -0.1) is 0 Å². The first-order chi connectivity index (χ1) is 7.65. The van der Waals surface area contributed by atoms with E-state index in [1.165, 1.54) is 11.5 Å². The van der Waals surface area contributed by atoms with Crippen LogP contribution in [-0.2, 0) is 4.74 Å². The van der Waals surface area contributed by atoms with Crippen molar-refractivity contribution in [2.24, 2.45) is 5.41 Å². The summed E-state index contributed by atoms with van der Waals surface area (Å²) in [5, 5.41) is 13.3. The van der Waals surface area contributed by atoms with Gasteiger partial charge in [-0.3, -0.25) is 0 Å². The average Bonchev–Trinajstić information content (AvgIpc) is 2.65. The molecule has 0 aliphatic carbocycles. The summed E-state index contributed by atoms with van der Waals surface area (Å²) in [6.45, 7) is 6.21. The number of hydrogen-bond acceptors (Lipinski definition) is 6. The second-order valence-corrected chi connectivity index (χ2v) is 5.37. The van der Waals surface area contributed by atoms with Crippen molar-refractivity contribution in [3.05, 3.63) is 5.82 Å². The van der Waals surface area contributed by atoms with Crippen molar-refractivity contribution in [3.8, 4) is 0 Å². The first-order valence-corrected chi connectivity index (χ1v) is 6.19. The summed E-state index contributed by atoms with van der Waals surface area (Å²) in [5.41, 5.74) is -0.121. The zero-order valence-corrected chi connectivity index (χ0v) is 10.4. The van der Waals surface area contributed by atoms with Crippen LogP contribution in [0.5, 0.6) is 0 Å². The highest BCUT2D eigenvalue weighted by Crippen LogP contribution is 2.27. The Balaban J connectivity index is 1.89. The molecule has 0 aromatic carbocycles. The lowest BCUT2D eigenvalue weighted by molar-refractivity contribution is -0.128. The van der Waals surface area contributed by atoms with Gasteiger partial charge >= 0.3 is 0 Å². The van der Waals surface area contributed by atoms with Crippen molar-refractivity contribution in [1.82, 2.24) is 9.36 Å². The first kappa shape index (κ1) is 11.8. The van der Waals surface area contributed by atoms with E-state index >= 15 is 0 Å². The van der Waals surface area contributed by atoms with Crippen LogP contribution >= 0.6 is 11.5 Å². The maximum atomic E-state index is 9.26. The maximum Gasteiger partial charge on any atom is 0.202 e. The van der Waals surface area contributed by atoms with Crippen molar-refractivity contribution in [1.29, 1.82) is 0 Å². The number of aromatic nitrogens is 2. The van der Waals surface area contributed by atoms with Crippen LogP contribution in [0.25, 0.3) is 0 Å². The van der Waals surface area contributed by atoms with Crippen LogP contribution < -0.4 is 5.32 Å². The summed E-state index contributed by atoms with van der Waals surface area (Å²) in [6.07, 6.45) is 0. The summed E-state index contributed by atoms with van der Waals surface area (Å²) in [7, 11) is 0. The zero-order valence-electron chi connectivity index (χ0n) is 9.56. The van der Waals surface area contributed by atoms with Crippen molar-refractivity contribution in [2.75, 3.05) is 31.7 Å². The Morgan fingerprint density at radius 3 is 2.75 bits per heavy atom. The molecule has 0 radical (unpaired) electrons. The van der Waals surface area contributed by atoms with Crippen LogP contribution in [0.3, 0.4) is 0 Å². The minimum Gasteiger partial charge on any atom is -0.396 e. The van der Waals surface area contributed by atoms with Crippen molar-refractivity contribution in [3.63, 3.8) is 0 Å². The fraction of sp³-hybridized carbons (Fsp3) is 0.800. The quantitative estimate of drug-likeness (QED) is 0.810. The van der Waals surface area contributed by atoms with E-state index in [0.717, 1.165) is 11.0 Å². The molecule has 0 unspecified atom stereocenters. The van der Waals surface area contributed by atoms with E-state index in [-0.39, 0.29) is 12.0 Å². The third kappa shape index (κ3) is 2.34. The van der Waals surface area contributed by atoms with E-state index < -0.39 is 0 Å². The highest BCUT2D eigenvalue weighted by atomic mass is 32.1. The lowest BCUT2D eigenvalue weighted by Crippen LogP contribution is -2.50. The molecule has 0 bridgehead atoms. The largest absolute Gasteiger partial charge is 0.396 e. The van der Waals surface area contributed by atoms with E-state index in [9.17, 15) is 5.11 Å². The van der Waals surface area contributed by atoms with Gasteiger partial charge in [-0.25, -0.2) is 4.98 Å². The fourth-order valence-electron chi connectivity index (χ4n) is 1.44. The lowest BCUT2D eigenvalue weighted by atomic mass is 9.87. The topological polar surface area (TPSA) is 67.3 Å². The molecule has 5 nitrogen and oxygen atoms in total. The molecule has 1 aromatic rings. The van der Waals surface area contributed by atoms with Gasteiger partial charge in [-0.05, 0) is 0 Å². The number of nitrogens with zero attached hydrogens (tertiary/aromatic N) is 2. The number of nitrogens with one attached hydrogen (secondary N) is 1. The Kier molecular flexibility index (Phi) is 3.41. The SMILES string of the molecule is CC(C)c1nsc(NCC2(CO)COC2)n1. The molecule has 2 N–H and O–H groups in total. The molecule has 1 saturated heterocycles. The van der Waals surface area contributed by atoms with E-state index in [0.29, 0.717) is 25.7 Å².